The normalized spacial score (nSPS) is 14.3. The molecule has 0 atom stereocenters. The van der Waals surface area contributed by atoms with Crippen molar-refractivity contribution in [1.29, 1.82) is 0 Å². The molecule has 0 spiro atoms. The second-order valence-electron chi connectivity index (χ2n) is 6.99. The lowest BCUT2D eigenvalue weighted by molar-refractivity contribution is -0.123. The summed E-state index contributed by atoms with van der Waals surface area (Å²) in [4.78, 5) is 18.8. The number of hydrogen-bond donors (Lipinski definition) is 1. The highest BCUT2D eigenvalue weighted by atomic mass is 16.2. The molecule has 23 heavy (non-hydrogen) atoms. The number of hydrogen-bond acceptors (Lipinski definition) is 3. The Balaban J connectivity index is 1.80. The molecule has 1 aromatic heterocycles. The highest BCUT2D eigenvalue weighted by molar-refractivity contribution is 5.94. The van der Waals surface area contributed by atoms with Crippen molar-refractivity contribution in [2.24, 2.45) is 5.41 Å². The van der Waals surface area contributed by atoms with Crippen LogP contribution >= 0.6 is 0 Å². The van der Waals surface area contributed by atoms with Crippen molar-refractivity contribution in [3.8, 4) is 0 Å². The van der Waals surface area contributed by atoms with Gasteiger partial charge in [0.15, 0.2) is 0 Å². The fourth-order valence-electron chi connectivity index (χ4n) is 2.71. The van der Waals surface area contributed by atoms with E-state index in [9.17, 15) is 4.79 Å². The van der Waals surface area contributed by atoms with Crippen LogP contribution in [0.2, 0.25) is 0 Å². The monoisotopic (exact) mass is 309 g/mol. The fourth-order valence-corrected chi connectivity index (χ4v) is 2.71. The van der Waals surface area contributed by atoms with E-state index in [4.69, 9.17) is 0 Å². The average molecular weight is 309 g/mol. The van der Waals surface area contributed by atoms with Gasteiger partial charge in [-0.25, -0.2) is 4.98 Å². The van der Waals surface area contributed by atoms with E-state index in [0.717, 1.165) is 30.9 Å². The number of aromatic nitrogens is 1. The third-order valence-corrected chi connectivity index (χ3v) is 4.07. The van der Waals surface area contributed by atoms with Gasteiger partial charge in [-0.1, -0.05) is 39.0 Å². The molecule has 1 aromatic carbocycles. The Kier molecular flexibility index (Phi) is 4.07. The first kappa shape index (κ1) is 15.5. The maximum absolute atomic E-state index is 12.0. The number of aryl methyl sites for hydroxylation is 1. The number of carbonyl (C=O) groups excluding carboxylic acids is 1. The number of fused-ring (bicyclic) bond motifs is 1. The molecular formula is C19H23N3O. The first-order valence-corrected chi connectivity index (χ1v) is 8.08. The summed E-state index contributed by atoms with van der Waals surface area (Å²) in [6.07, 6.45) is 3.98. The van der Waals surface area contributed by atoms with Gasteiger partial charge in [-0.2, -0.15) is 0 Å². The van der Waals surface area contributed by atoms with E-state index in [1.165, 1.54) is 11.3 Å². The molecule has 0 radical (unpaired) electrons. The Morgan fingerprint density at radius 2 is 1.96 bits per heavy atom. The number of pyridine rings is 1. The highest BCUT2D eigenvalue weighted by Gasteiger charge is 2.22. The summed E-state index contributed by atoms with van der Waals surface area (Å²) in [5.74, 6) is 0.918. The summed E-state index contributed by atoms with van der Waals surface area (Å²) in [7, 11) is 0. The molecule has 1 aliphatic rings. The Bertz CT molecular complexity index is 701. The van der Waals surface area contributed by atoms with Gasteiger partial charge in [0.2, 0.25) is 5.91 Å². The quantitative estimate of drug-likeness (QED) is 0.906. The van der Waals surface area contributed by atoms with Crippen LogP contribution in [0.4, 0.5) is 17.2 Å². The lowest BCUT2D eigenvalue weighted by Gasteiger charge is -2.30. The Morgan fingerprint density at radius 1 is 1.17 bits per heavy atom. The minimum absolute atomic E-state index is 0.00429. The van der Waals surface area contributed by atoms with Crippen molar-refractivity contribution in [1.82, 2.24) is 4.98 Å². The van der Waals surface area contributed by atoms with Gasteiger partial charge < -0.3 is 10.2 Å². The zero-order valence-corrected chi connectivity index (χ0v) is 14.0. The molecule has 2 aromatic rings. The van der Waals surface area contributed by atoms with Crippen LogP contribution in [0.1, 0.15) is 32.8 Å². The number of nitrogens with one attached hydrogen (secondary N) is 1. The Labute approximate surface area is 137 Å². The van der Waals surface area contributed by atoms with Crippen molar-refractivity contribution in [2.45, 2.75) is 33.6 Å². The van der Waals surface area contributed by atoms with E-state index >= 15 is 0 Å². The van der Waals surface area contributed by atoms with Crippen LogP contribution in [0.25, 0.3) is 0 Å². The van der Waals surface area contributed by atoms with Crippen molar-refractivity contribution >= 4 is 23.1 Å². The van der Waals surface area contributed by atoms with Gasteiger partial charge >= 0.3 is 0 Å². The number of benzene rings is 1. The van der Waals surface area contributed by atoms with Crippen molar-refractivity contribution in [3.63, 3.8) is 0 Å². The molecule has 0 aliphatic carbocycles. The van der Waals surface area contributed by atoms with Crippen LogP contribution in [-0.4, -0.2) is 17.4 Å². The summed E-state index contributed by atoms with van der Waals surface area (Å²) in [6.45, 7) is 6.66. The molecule has 1 aliphatic heterocycles. The molecule has 3 rings (SSSR count). The zero-order chi connectivity index (χ0) is 16.4. The van der Waals surface area contributed by atoms with E-state index in [0.29, 0.717) is 0 Å². The van der Waals surface area contributed by atoms with E-state index in [1.54, 1.807) is 6.20 Å². The topological polar surface area (TPSA) is 45.2 Å². The molecule has 2 heterocycles. The summed E-state index contributed by atoms with van der Waals surface area (Å²) >= 11 is 0. The second kappa shape index (κ2) is 6.03. The smallest absolute Gasteiger partial charge is 0.229 e. The van der Waals surface area contributed by atoms with Crippen LogP contribution in [-0.2, 0) is 11.2 Å². The SMILES string of the molecule is CC(C)(C)C(=O)Nc1ccc(N2CCCc3ccccc32)nc1. The maximum atomic E-state index is 12.0. The number of carbonyl (C=O) groups is 1. The Hall–Kier alpha value is -2.36. The van der Waals surface area contributed by atoms with Crippen molar-refractivity contribution in [3.05, 3.63) is 48.2 Å². The molecule has 0 saturated carbocycles. The summed E-state index contributed by atoms with van der Waals surface area (Å²) in [6, 6.07) is 12.4. The molecule has 4 nitrogen and oxygen atoms in total. The van der Waals surface area contributed by atoms with Gasteiger partial charge in [-0.3, -0.25) is 4.79 Å². The first-order chi connectivity index (χ1) is 10.9. The summed E-state index contributed by atoms with van der Waals surface area (Å²) in [5, 5.41) is 2.91. The number of anilines is 3. The molecule has 1 amide bonds. The fraction of sp³-hybridized carbons (Fsp3) is 0.368. The predicted octanol–water partition coefficient (Wildman–Crippen LogP) is 4.15. The number of amides is 1. The minimum Gasteiger partial charge on any atom is -0.326 e. The van der Waals surface area contributed by atoms with Crippen molar-refractivity contribution in [2.75, 3.05) is 16.8 Å². The van der Waals surface area contributed by atoms with Crippen LogP contribution < -0.4 is 10.2 Å². The molecular weight excluding hydrogens is 286 g/mol. The maximum Gasteiger partial charge on any atom is 0.229 e. The molecule has 0 unspecified atom stereocenters. The van der Waals surface area contributed by atoms with Crippen LogP contribution in [0.5, 0.6) is 0 Å². The van der Waals surface area contributed by atoms with Gasteiger partial charge in [-0.15, -0.1) is 0 Å². The second-order valence-corrected chi connectivity index (χ2v) is 6.99. The molecule has 120 valence electrons. The van der Waals surface area contributed by atoms with Crippen LogP contribution in [0.3, 0.4) is 0 Å². The molecule has 0 bridgehead atoms. The highest BCUT2D eigenvalue weighted by Crippen LogP contribution is 2.32. The number of rotatable bonds is 2. The molecule has 4 heteroatoms. The Morgan fingerprint density at radius 3 is 2.65 bits per heavy atom. The van der Waals surface area contributed by atoms with Gasteiger partial charge in [0.25, 0.3) is 0 Å². The summed E-state index contributed by atoms with van der Waals surface area (Å²) in [5.41, 5.74) is 2.92. The standard InChI is InChI=1S/C19H23N3O/c1-19(2,3)18(23)21-15-10-11-17(20-13-15)22-12-6-8-14-7-4-5-9-16(14)22/h4-5,7,9-11,13H,6,8,12H2,1-3H3,(H,21,23). The number of para-hydroxylation sites is 1. The molecule has 0 fully saturated rings. The number of nitrogens with zero attached hydrogens (tertiary/aromatic N) is 2. The minimum atomic E-state index is -0.412. The van der Waals surface area contributed by atoms with E-state index < -0.39 is 5.41 Å². The lowest BCUT2D eigenvalue weighted by atomic mass is 9.95. The van der Waals surface area contributed by atoms with E-state index in [-0.39, 0.29) is 5.91 Å². The molecule has 0 saturated heterocycles. The van der Waals surface area contributed by atoms with Crippen molar-refractivity contribution < 1.29 is 4.79 Å². The first-order valence-electron chi connectivity index (χ1n) is 8.08. The average Bonchev–Trinajstić information content (AvgIpc) is 2.54. The lowest BCUT2D eigenvalue weighted by Crippen LogP contribution is -2.28. The van der Waals surface area contributed by atoms with Crippen LogP contribution in [0, 0.1) is 5.41 Å². The zero-order valence-electron chi connectivity index (χ0n) is 14.0. The van der Waals surface area contributed by atoms with E-state index in [2.05, 4.69) is 39.5 Å². The third-order valence-electron chi connectivity index (χ3n) is 4.07. The third kappa shape index (κ3) is 3.36. The van der Waals surface area contributed by atoms with Crippen LogP contribution in [0.15, 0.2) is 42.6 Å². The van der Waals surface area contributed by atoms with Gasteiger partial charge in [0.05, 0.1) is 11.9 Å². The van der Waals surface area contributed by atoms with Gasteiger partial charge in [0.1, 0.15) is 5.82 Å². The summed E-state index contributed by atoms with van der Waals surface area (Å²) < 4.78 is 0. The molecule has 1 N–H and O–H groups in total. The largest absolute Gasteiger partial charge is 0.326 e. The van der Waals surface area contributed by atoms with Gasteiger partial charge in [-0.05, 0) is 36.6 Å². The van der Waals surface area contributed by atoms with Gasteiger partial charge in [0, 0.05) is 17.6 Å². The van der Waals surface area contributed by atoms with E-state index in [1.807, 2.05) is 32.9 Å². The predicted molar refractivity (Wildman–Crippen MR) is 94.1 cm³/mol.